The highest BCUT2D eigenvalue weighted by atomic mass is 14.1. The summed E-state index contributed by atoms with van der Waals surface area (Å²) in [5.74, 6) is 12.5. The largest absolute Gasteiger partial charge is 0.0654 e. The van der Waals surface area contributed by atoms with Gasteiger partial charge in [-0.25, -0.2) is 0 Å². The minimum absolute atomic E-state index is 1.01. The highest BCUT2D eigenvalue weighted by molar-refractivity contribution is 5.49. The lowest BCUT2D eigenvalue weighted by molar-refractivity contribution is 0.662. The molecule has 0 N–H and O–H groups in total. The lowest BCUT2D eigenvalue weighted by Crippen LogP contribution is -1.99. The Balaban J connectivity index is 2.18. The molecule has 2 aromatic rings. The van der Waals surface area contributed by atoms with E-state index in [4.69, 9.17) is 0 Å². The van der Waals surface area contributed by atoms with Crippen molar-refractivity contribution in [3.63, 3.8) is 0 Å². The molecule has 0 aliphatic heterocycles. The van der Waals surface area contributed by atoms with Gasteiger partial charge in [0.15, 0.2) is 0 Å². The second-order valence-electron chi connectivity index (χ2n) is 6.72. The van der Waals surface area contributed by atoms with E-state index >= 15 is 0 Å². The molecule has 0 aromatic heterocycles. The lowest BCUT2D eigenvalue weighted by atomic mass is 9.93. The first-order valence-corrected chi connectivity index (χ1v) is 10.0. The van der Waals surface area contributed by atoms with Gasteiger partial charge in [-0.2, -0.15) is 0 Å². The molecule has 2 rings (SSSR count). The Kier molecular flexibility index (Phi) is 9.18. The van der Waals surface area contributed by atoms with Gasteiger partial charge in [-0.15, -0.1) is 0 Å². The lowest BCUT2D eigenvalue weighted by Gasteiger charge is -2.12. The molecule has 0 amide bonds. The van der Waals surface area contributed by atoms with Crippen LogP contribution in [0.1, 0.15) is 74.6 Å². The van der Waals surface area contributed by atoms with Crippen LogP contribution in [0.25, 0.3) is 0 Å². The van der Waals surface area contributed by atoms with Crippen LogP contribution in [0.15, 0.2) is 48.5 Å². The van der Waals surface area contributed by atoms with Gasteiger partial charge < -0.3 is 0 Å². The van der Waals surface area contributed by atoms with Crippen LogP contribution >= 0.6 is 0 Å². The standard InChI is InChI=1S/C26H30/c1-3-5-7-11-22-26-24(18-6-4-2)20-14-21-25(26)19-13-12-17-23-15-9-8-10-16-23/h8-10,14-16,20-21H,3-7,11,18,22H2,1-2H3. The maximum Gasteiger partial charge on any atom is 0.0290 e. The molecule has 0 heterocycles. The number of hydrogen-bond acceptors (Lipinski definition) is 0. The topological polar surface area (TPSA) is 0 Å². The zero-order valence-corrected chi connectivity index (χ0v) is 16.3. The molecule has 0 heteroatoms. The van der Waals surface area contributed by atoms with Gasteiger partial charge in [0, 0.05) is 11.1 Å². The molecule has 0 spiro atoms. The Labute approximate surface area is 160 Å². The second kappa shape index (κ2) is 12.0. The average Bonchev–Trinajstić information content (AvgIpc) is 2.68. The quantitative estimate of drug-likeness (QED) is 0.377. The monoisotopic (exact) mass is 342 g/mol. The van der Waals surface area contributed by atoms with Gasteiger partial charge in [-0.1, -0.05) is 81.7 Å². The van der Waals surface area contributed by atoms with Gasteiger partial charge in [-0.3, -0.25) is 0 Å². The number of unbranched alkanes of at least 4 members (excludes halogenated alkanes) is 4. The summed E-state index contributed by atoms with van der Waals surface area (Å²) >= 11 is 0. The molecule has 0 atom stereocenters. The van der Waals surface area contributed by atoms with Gasteiger partial charge in [-0.05, 0) is 66.9 Å². The number of hydrogen-bond donors (Lipinski definition) is 0. The van der Waals surface area contributed by atoms with Crippen molar-refractivity contribution >= 4 is 0 Å². The predicted octanol–water partition coefficient (Wildman–Crippen LogP) is 6.56. The third-order valence-electron chi connectivity index (χ3n) is 4.59. The van der Waals surface area contributed by atoms with Crippen LogP contribution < -0.4 is 0 Å². The Morgan fingerprint density at radius 1 is 0.654 bits per heavy atom. The van der Waals surface area contributed by atoms with Crippen LogP contribution in [0.4, 0.5) is 0 Å². The minimum atomic E-state index is 1.01. The summed E-state index contributed by atoms with van der Waals surface area (Å²) in [5.41, 5.74) is 5.10. The summed E-state index contributed by atoms with van der Waals surface area (Å²) in [4.78, 5) is 0. The molecule has 0 aliphatic carbocycles. The van der Waals surface area contributed by atoms with E-state index in [0.29, 0.717) is 0 Å². The van der Waals surface area contributed by atoms with Crippen molar-refractivity contribution in [2.75, 3.05) is 0 Å². The Hall–Kier alpha value is -2.44. The summed E-state index contributed by atoms with van der Waals surface area (Å²) in [5, 5.41) is 0. The van der Waals surface area contributed by atoms with E-state index in [9.17, 15) is 0 Å². The van der Waals surface area contributed by atoms with E-state index < -0.39 is 0 Å². The van der Waals surface area contributed by atoms with Crippen molar-refractivity contribution in [2.45, 2.75) is 65.2 Å². The fourth-order valence-corrected chi connectivity index (χ4v) is 3.10. The minimum Gasteiger partial charge on any atom is -0.0654 e. The number of rotatable bonds is 8. The van der Waals surface area contributed by atoms with Crippen LogP contribution in [0.3, 0.4) is 0 Å². The van der Waals surface area contributed by atoms with E-state index in [1.807, 2.05) is 30.3 Å². The van der Waals surface area contributed by atoms with Crippen LogP contribution in [-0.2, 0) is 12.8 Å². The normalized spacial score (nSPS) is 9.77. The second-order valence-corrected chi connectivity index (χ2v) is 6.72. The van der Waals surface area contributed by atoms with Crippen molar-refractivity contribution < 1.29 is 0 Å². The van der Waals surface area contributed by atoms with Gasteiger partial charge in [0.05, 0.1) is 0 Å². The van der Waals surface area contributed by atoms with Gasteiger partial charge >= 0.3 is 0 Å². The molecule has 0 saturated carbocycles. The van der Waals surface area contributed by atoms with Crippen molar-refractivity contribution in [3.05, 3.63) is 70.8 Å². The van der Waals surface area contributed by atoms with E-state index in [2.05, 4.69) is 55.7 Å². The summed E-state index contributed by atoms with van der Waals surface area (Å²) in [7, 11) is 0. The predicted molar refractivity (Wildman–Crippen MR) is 113 cm³/mol. The molecule has 0 bridgehead atoms. The molecule has 0 nitrogen and oxygen atoms in total. The van der Waals surface area contributed by atoms with E-state index in [0.717, 1.165) is 24.0 Å². The maximum atomic E-state index is 3.32. The van der Waals surface area contributed by atoms with E-state index in [1.165, 1.54) is 49.7 Å². The third-order valence-corrected chi connectivity index (χ3v) is 4.59. The SMILES string of the molecule is CCCCCCc1c(C#CC#Cc2ccccc2)cccc1CCCC. The molecule has 0 saturated heterocycles. The number of aryl methyl sites for hydroxylation is 1. The summed E-state index contributed by atoms with van der Waals surface area (Å²) in [6, 6.07) is 16.6. The highest BCUT2D eigenvalue weighted by Gasteiger charge is 2.06. The number of benzene rings is 2. The summed E-state index contributed by atoms with van der Waals surface area (Å²) in [6.45, 7) is 4.52. The van der Waals surface area contributed by atoms with Crippen molar-refractivity contribution in [1.29, 1.82) is 0 Å². The van der Waals surface area contributed by atoms with Gasteiger partial charge in [0.1, 0.15) is 0 Å². The van der Waals surface area contributed by atoms with Crippen LogP contribution in [0.2, 0.25) is 0 Å². The summed E-state index contributed by atoms with van der Waals surface area (Å²) in [6.07, 6.45) is 9.92. The molecule has 0 aliphatic rings. The smallest absolute Gasteiger partial charge is 0.0290 e. The fraction of sp³-hybridized carbons (Fsp3) is 0.385. The molecule has 2 aromatic carbocycles. The first-order chi connectivity index (χ1) is 12.8. The molecular weight excluding hydrogens is 312 g/mol. The van der Waals surface area contributed by atoms with Crippen LogP contribution in [0.5, 0.6) is 0 Å². The van der Waals surface area contributed by atoms with Gasteiger partial charge in [0.25, 0.3) is 0 Å². The molecule has 26 heavy (non-hydrogen) atoms. The third kappa shape index (κ3) is 6.82. The van der Waals surface area contributed by atoms with Crippen molar-refractivity contribution in [1.82, 2.24) is 0 Å². The average molecular weight is 343 g/mol. The molecular formula is C26H30. The molecule has 0 radical (unpaired) electrons. The zero-order chi connectivity index (χ0) is 18.5. The Morgan fingerprint density at radius 3 is 2.19 bits per heavy atom. The van der Waals surface area contributed by atoms with Crippen LogP contribution in [0, 0.1) is 23.7 Å². The Bertz CT molecular complexity index is 776. The van der Waals surface area contributed by atoms with Gasteiger partial charge in [0.2, 0.25) is 0 Å². The van der Waals surface area contributed by atoms with Crippen molar-refractivity contribution in [2.24, 2.45) is 0 Å². The van der Waals surface area contributed by atoms with E-state index in [1.54, 1.807) is 0 Å². The zero-order valence-electron chi connectivity index (χ0n) is 16.3. The first-order valence-electron chi connectivity index (χ1n) is 10.0. The fourth-order valence-electron chi connectivity index (χ4n) is 3.10. The summed E-state index contributed by atoms with van der Waals surface area (Å²) < 4.78 is 0. The van der Waals surface area contributed by atoms with E-state index in [-0.39, 0.29) is 0 Å². The van der Waals surface area contributed by atoms with Crippen LogP contribution in [-0.4, -0.2) is 0 Å². The maximum absolute atomic E-state index is 3.32. The highest BCUT2D eigenvalue weighted by Crippen LogP contribution is 2.20. The molecule has 0 unspecified atom stereocenters. The molecule has 134 valence electrons. The van der Waals surface area contributed by atoms with Crippen molar-refractivity contribution in [3.8, 4) is 23.7 Å². The first kappa shape index (κ1) is 19.9. The molecule has 0 fully saturated rings. The Morgan fingerprint density at radius 2 is 1.42 bits per heavy atom.